The summed E-state index contributed by atoms with van der Waals surface area (Å²) in [4.78, 5) is 4.48. The van der Waals surface area contributed by atoms with Gasteiger partial charge in [0.25, 0.3) is 6.01 Å². The van der Waals surface area contributed by atoms with Crippen molar-refractivity contribution in [2.45, 2.75) is 18.9 Å². The molecule has 106 valence electrons. The van der Waals surface area contributed by atoms with Gasteiger partial charge < -0.3 is 14.5 Å². The van der Waals surface area contributed by atoms with Gasteiger partial charge in [0.1, 0.15) is 11.3 Å². The van der Waals surface area contributed by atoms with E-state index in [2.05, 4.69) is 16.4 Å². The zero-order valence-electron chi connectivity index (χ0n) is 11.8. The van der Waals surface area contributed by atoms with Crippen molar-refractivity contribution >= 4 is 17.1 Å². The number of anilines is 1. The normalized spacial score (nSPS) is 16.9. The Hall–Kier alpha value is -2.49. The zero-order valence-corrected chi connectivity index (χ0v) is 11.8. The number of oxazole rings is 1. The number of benzene rings is 2. The lowest BCUT2D eigenvalue weighted by molar-refractivity contribution is 0.410. The average Bonchev–Trinajstić information content (AvgIpc) is 3.11. The number of ether oxygens (including phenoxy) is 1. The van der Waals surface area contributed by atoms with Gasteiger partial charge in [-0.1, -0.05) is 24.3 Å². The second kappa shape index (κ2) is 4.81. The van der Waals surface area contributed by atoms with E-state index in [1.807, 2.05) is 36.4 Å². The number of rotatable bonds is 3. The largest absolute Gasteiger partial charge is 0.496 e. The third-order valence-electron chi connectivity index (χ3n) is 4.04. The number of nitrogens with one attached hydrogen (secondary N) is 1. The molecule has 0 saturated heterocycles. The SMILES string of the molecule is COc1cccc2c1CCC2Nc1nc2ccccc2o1. The lowest BCUT2D eigenvalue weighted by atomic mass is 10.1. The first-order valence-electron chi connectivity index (χ1n) is 7.13. The van der Waals surface area contributed by atoms with Gasteiger partial charge in [-0.25, -0.2) is 0 Å². The van der Waals surface area contributed by atoms with Crippen molar-refractivity contribution in [2.75, 3.05) is 12.4 Å². The molecule has 0 saturated carbocycles. The van der Waals surface area contributed by atoms with E-state index in [-0.39, 0.29) is 6.04 Å². The highest BCUT2D eigenvalue weighted by molar-refractivity contribution is 5.74. The van der Waals surface area contributed by atoms with Crippen LogP contribution in [-0.2, 0) is 6.42 Å². The van der Waals surface area contributed by atoms with Crippen molar-refractivity contribution < 1.29 is 9.15 Å². The number of fused-ring (bicyclic) bond motifs is 2. The first-order chi connectivity index (χ1) is 10.3. The smallest absolute Gasteiger partial charge is 0.296 e. The van der Waals surface area contributed by atoms with E-state index in [1.54, 1.807) is 7.11 Å². The number of aromatic nitrogens is 1. The second-order valence-electron chi connectivity index (χ2n) is 5.25. The molecule has 4 nitrogen and oxygen atoms in total. The summed E-state index contributed by atoms with van der Waals surface area (Å²) < 4.78 is 11.2. The first-order valence-corrected chi connectivity index (χ1v) is 7.13. The van der Waals surface area contributed by atoms with Gasteiger partial charge in [-0.05, 0) is 42.2 Å². The Labute approximate surface area is 122 Å². The number of para-hydroxylation sites is 2. The van der Waals surface area contributed by atoms with Crippen molar-refractivity contribution in [1.82, 2.24) is 4.98 Å². The summed E-state index contributed by atoms with van der Waals surface area (Å²) in [6.07, 6.45) is 2.03. The van der Waals surface area contributed by atoms with Crippen LogP contribution in [0.4, 0.5) is 6.01 Å². The fourth-order valence-corrected chi connectivity index (χ4v) is 3.04. The fraction of sp³-hybridized carbons (Fsp3) is 0.235. The maximum absolute atomic E-state index is 5.75. The van der Waals surface area contributed by atoms with E-state index in [9.17, 15) is 0 Å². The zero-order chi connectivity index (χ0) is 14.2. The third kappa shape index (κ3) is 2.03. The number of hydrogen-bond acceptors (Lipinski definition) is 4. The predicted molar refractivity (Wildman–Crippen MR) is 81.7 cm³/mol. The van der Waals surface area contributed by atoms with E-state index in [0.29, 0.717) is 6.01 Å². The number of hydrogen-bond donors (Lipinski definition) is 1. The summed E-state index contributed by atoms with van der Waals surface area (Å²) >= 11 is 0. The van der Waals surface area contributed by atoms with Gasteiger partial charge in [0.15, 0.2) is 5.58 Å². The number of nitrogens with zero attached hydrogens (tertiary/aromatic N) is 1. The summed E-state index contributed by atoms with van der Waals surface area (Å²) in [6.45, 7) is 0. The quantitative estimate of drug-likeness (QED) is 0.789. The predicted octanol–water partition coefficient (Wildman–Crippen LogP) is 3.94. The molecule has 1 heterocycles. The highest BCUT2D eigenvalue weighted by atomic mass is 16.5. The Bertz CT molecular complexity index is 761. The maximum atomic E-state index is 5.75. The molecule has 1 aliphatic carbocycles. The Morgan fingerprint density at radius 2 is 2.10 bits per heavy atom. The highest BCUT2D eigenvalue weighted by Crippen LogP contribution is 2.38. The standard InChI is InChI=1S/C17H16N2O2/c1-20-15-8-4-5-11-12(15)9-10-13(11)18-17-19-14-6-2-3-7-16(14)21-17/h2-8,13H,9-10H2,1H3,(H,18,19). The molecular formula is C17H16N2O2. The molecule has 4 heteroatoms. The summed E-state index contributed by atoms with van der Waals surface area (Å²) in [7, 11) is 1.72. The summed E-state index contributed by atoms with van der Waals surface area (Å²) in [5, 5.41) is 3.40. The van der Waals surface area contributed by atoms with E-state index in [4.69, 9.17) is 9.15 Å². The monoisotopic (exact) mass is 280 g/mol. The van der Waals surface area contributed by atoms with Crippen molar-refractivity contribution in [3.63, 3.8) is 0 Å². The minimum absolute atomic E-state index is 0.225. The topological polar surface area (TPSA) is 47.3 Å². The molecule has 1 N–H and O–H groups in total. The van der Waals surface area contributed by atoms with E-state index in [0.717, 1.165) is 29.7 Å². The lowest BCUT2D eigenvalue weighted by Crippen LogP contribution is -2.07. The molecule has 21 heavy (non-hydrogen) atoms. The molecule has 1 atom stereocenters. The van der Waals surface area contributed by atoms with Crippen LogP contribution in [0, 0.1) is 0 Å². The van der Waals surface area contributed by atoms with Crippen LogP contribution in [0.1, 0.15) is 23.6 Å². The van der Waals surface area contributed by atoms with Crippen LogP contribution < -0.4 is 10.1 Å². The molecule has 4 rings (SSSR count). The second-order valence-corrected chi connectivity index (χ2v) is 5.25. The van der Waals surface area contributed by atoms with Crippen LogP contribution in [0.3, 0.4) is 0 Å². The van der Waals surface area contributed by atoms with Gasteiger partial charge in [0, 0.05) is 0 Å². The summed E-state index contributed by atoms with van der Waals surface area (Å²) in [5.41, 5.74) is 4.25. The van der Waals surface area contributed by atoms with E-state index >= 15 is 0 Å². The molecule has 0 aliphatic heterocycles. The molecule has 0 radical (unpaired) electrons. The lowest BCUT2D eigenvalue weighted by Gasteiger charge is -2.13. The van der Waals surface area contributed by atoms with Crippen molar-refractivity contribution in [3.8, 4) is 5.75 Å². The van der Waals surface area contributed by atoms with Crippen molar-refractivity contribution in [3.05, 3.63) is 53.6 Å². The summed E-state index contributed by atoms with van der Waals surface area (Å²) in [5.74, 6) is 0.967. The van der Waals surface area contributed by atoms with Crippen LogP contribution in [0.25, 0.3) is 11.1 Å². The van der Waals surface area contributed by atoms with Crippen LogP contribution >= 0.6 is 0 Å². The molecule has 1 aliphatic rings. The minimum Gasteiger partial charge on any atom is -0.496 e. The average molecular weight is 280 g/mol. The highest BCUT2D eigenvalue weighted by Gasteiger charge is 2.26. The maximum Gasteiger partial charge on any atom is 0.296 e. The van der Waals surface area contributed by atoms with Crippen molar-refractivity contribution in [1.29, 1.82) is 0 Å². The Balaban J connectivity index is 1.65. The van der Waals surface area contributed by atoms with Crippen LogP contribution in [0.5, 0.6) is 5.75 Å². The van der Waals surface area contributed by atoms with Gasteiger partial charge in [-0.3, -0.25) is 0 Å². The molecule has 1 aromatic heterocycles. The molecule has 0 amide bonds. The summed E-state index contributed by atoms with van der Waals surface area (Å²) in [6, 6.07) is 14.8. The molecule has 0 fully saturated rings. The third-order valence-corrected chi connectivity index (χ3v) is 4.04. The van der Waals surface area contributed by atoms with Gasteiger partial charge in [0.2, 0.25) is 0 Å². The Kier molecular flexibility index (Phi) is 2.81. The van der Waals surface area contributed by atoms with E-state index in [1.165, 1.54) is 11.1 Å². The minimum atomic E-state index is 0.225. The molecular weight excluding hydrogens is 264 g/mol. The van der Waals surface area contributed by atoms with Crippen LogP contribution in [0.15, 0.2) is 46.9 Å². The Morgan fingerprint density at radius 1 is 1.19 bits per heavy atom. The molecule has 1 unspecified atom stereocenters. The van der Waals surface area contributed by atoms with Gasteiger partial charge in [-0.2, -0.15) is 4.98 Å². The first kappa shape index (κ1) is 12.3. The van der Waals surface area contributed by atoms with E-state index < -0.39 is 0 Å². The van der Waals surface area contributed by atoms with Gasteiger partial charge in [-0.15, -0.1) is 0 Å². The molecule has 3 aromatic rings. The molecule has 2 aromatic carbocycles. The molecule has 0 spiro atoms. The van der Waals surface area contributed by atoms with Crippen LogP contribution in [-0.4, -0.2) is 12.1 Å². The fourth-order valence-electron chi connectivity index (χ4n) is 3.04. The Morgan fingerprint density at radius 3 is 2.95 bits per heavy atom. The van der Waals surface area contributed by atoms with Gasteiger partial charge in [0.05, 0.1) is 13.2 Å². The molecule has 0 bridgehead atoms. The van der Waals surface area contributed by atoms with Crippen molar-refractivity contribution in [2.24, 2.45) is 0 Å². The van der Waals surface area contributed by atoms with Gasteiger partial charge >= 0.3 is 0 Å². The number of methoxy groups -OCH3 is 1. The van der Waals surface area contributed by atoms with Crippen LogP contribution in [0.2, 0.25) is 0 Å².